The van der Waals surface area contributed by atoms with Crippen LogP contribution in [0.1, 0.15) is 13.8 Å². The summed E-state index contributed by atoms with van der Waals surface area (Å²) in [5.74, 6) is 1.24. The molecule has 0 aliphatic rings. The van der Waals surface area contributed by atoms with Crippen LogP contribution in [-0.2, 0) is 4.74 Å². The van der Waals surface area contributed by atoms with Gasteiger partial charge in [-0.1, -0.05) is 13.8 Å². The Morgan fingerprint density at radius 1 is 1.31 bits per heavy atom. The molecule has 0 aliphatic carbocycles. The van der Waals surface area contributed by atoms with E-state index in [4.69, 9.17) is 10.5 Å². The van der Waals surface area contributed by atoms with Crippen LogP contribution < -0.4 is 11.1 Å². The molecule has 1 unspecified atom stereocenters. The third-order valence-electron chi connectivity index (χ3n) is 3.00. The Labute approximate surface area is 101 Å². The van der Waals surface area contributed by atoms with E-state index in [0.717, 1.165) is 39.3 Å². The van der Waals surface area contributed by atoms with Crippen LogP contribution in [0, 0.1) is 11.8 Å². The molecule has 0 rings (SSSR count). The second-order valence-electron chi connectivity index (χ2n) is 4.74. The zero-order valence-electron chi connectivity index (χ0n) is 11.3. The van der Waals surface area contributed by atoms with E-state index in [1.54, 1.807) is 7.11 Å². The van der Waals surface area contributed by atoms with E-state index in [-0.39, 0.29) is 0 Å². The van der Waals surface area contributed by atoms with Crippen molar-refractivity contribution in [3.8, 4) is 0 Å². The quantitative estimate of drug-likeness (QED) is 0.534. The SMILES string of the molecule is COCCN(C)CCNCC(CN)C(C)C. The number of hydrogen-bond acceptors (Lipinski definition) is 4. The van der Waals surface area contributed by atoms with Crippen molar-refractivity contribution < 1.29 is 4.74 Å². The predicted molar refractivity (Wildman–Crippen MR) is 69.6 cm³/mol. The number of nitrogens with zero attached hydrogens (tertiary/aromatic N) is 1. The lowest BCUT2D eigenvalue weighted by atomic mass is 9.96. The first-order valence-corrected chi connectivity index (χ1v) is 6.20. The number of rotatable bonds is 10. The number of hydrogen-bond donors (Lipinski definition) is 2. The highest BCUT2D eigenvalue weighted by atomic mass is 16.5. The summed E-state index contributed by atoms with van der Waals surface area (Å²) in [6.07, 6.45) is 0. The van der Waals surface area contributed by atoms with E-state index in [1.165, 1.54) is 0 Å². The predicted octanol–water partition coefficient (Wildman–Crippen LogP) is 0.385. The van der Waals surface area contributed by atoms with Crippen molar-refractivity contribution in [2.75, 3.05) is 53.5 Å². The van der Waals surface area contributed by atoms with Gasteiger partial charge in [0.15, 0.2) is 0 Å². The summed E-state index contributed by atoms with van der Waals surface area (Å²) in [5.41, 5.74) is 5.71. The van der Waals surface area contributed by atoms with Crippen molar-refractivity contribution in [1.82, 2.24) is 10.2 Å². The third-order valence-corrected chi connectivity index (χ3v) is 3.00. The molecule has 0 aromatic carbocycles. The molecular formula is C12H29N3O. The lowest BCUT2D eigenvalue weighted by molar-refractivity contribution is 0.161. The molecule has 0 fully saturated rings. The van der Waals surface area contributed by atoms with Gasteiger partial charge in [-0.3, -0.25) is 0 Å². The Morgan fingerprint density at radius 3 is 2.50 bits per heavy atom. The van der Waals surface area contributed by atoms with Crippen molar-refractivity contribution in [1.29, 1.82) is 0 Å². The van der Waals surface area contributed by atoms with Crippen LogP contribution in [0.2, 0.25) is 0 Å². The molecule has 4 heteroatoms. The largest absolute Gasteiger partial charge is 0.383 e. The van der Waals surface area contributed by atoms with Gasteiger partial charge in [0.05, 0.1) is 6.61 Å². The molecule has 0 aromatic rings. The number of likely N-dealkylation sites (N-methyl/N-ethyl adjacent to an activating group) is 1. The maximum atomic E-state index is 5.71. The maximum absolute atomic E-state index is 5.71. The summed E-state index contributed by atoms with van der Waals surface area (Å²) in [7, 11) is 3.85. The second kappa shape index (κ2) is 10.0. The van der Waals surface area contributed by atoms with Gasteiger partial charge in [0, 0.05) is 26.7 Å². The fourth-order valence-corrected chi connectivity index (χ4v) is 1.51. The van der Waals surface area contributed by atoms with Crippen molar-refractivity contribution in [2.24, 2.45) is 17.6 Å². The topological polar surface area (TPSA) is 50.5 Å². The van der Waals surface area contributed by atoms with Gasteiger partial charge in [-0.2, -0.15) is 0 Å². The van der Waals surface area contributed by atoms with Gasteiger partial charge >= 0.3 is 0 Å². The first-order chi connectivity index (χ1) is 7.61. The molecule has 4 nitrogen and oxygen atoms in total. The minimum atomic E-state index is 0.587. The molecule has 0 aromatic heterocycles. The summed E-state index contributed by atoms with van der Waals surface area (Å²) in [5, 5.41) is 3.46. The van der Waals surface area contributed by atoms with Crippen molar-refractivity contribution in [3.63, 3.8) is 0 Å². The molecule has 0 saturated heterocycles. The van der Waals surface area contributed by atoms with Crippen LogP contribution in [0.25, 0.3) is 0 Å². The van der Waals surface area contributed by atoms with Crippen molar-refractivity contribution in [3.05, 3.63) is 0 Å². The molecule has 0 heterocycles. The Hall–Kier alpha value is -0.160. The fourth-order valence-electron chi connectivity index (χ4n) is 1.51. The summed E-state index contributed by atoms with van der Waals surface area (Å²) in [6, 6.07) is 0. The number of methoxy groups -OCH3 is 1. The van der Waals surface area contributed by atoms with E-state index in [2.05, 4.69) is 31.1 Å². The van der Waals surface area contributed by atoms with Crippen LogP contribution in [0.15, 0.2) is 0 Å². The van der Waals surface area contributed by atoms with Crippen molar-refractivity contribution >= 4 is 0 Å². The van der Waals surface area contributed by atoms with Gasteiger partial charge in [-0.25, -0.2) is 0 Å². The average molecular weight is 231 g/mol. The Bertz CT molecular complexity index is 153. The van der Waals surface area contributed by atoms with E-state index in [9.17, 15) is 0 Å². The van der Waals surface area contributed by atoms with Crippen LogP contribution in [-0.4, -0.2) is 58.4 Å². The van der Waals surface area contributed by atoms with E-state index in [0.29, 0.717) is 11.8 Å². The second-order valence-corrected chi connectivity index (χ2v) is 4.74. The van der Waals surface area contributed by atoms with Gasteiger partial charge in [0.1, 0.15) is 0 Å². The fraction of sp³-hybridized carbons (Fsp3) is 1.00. The number of ether oxygens (including phenoxy) is 1. The van der Waals surface area contributed by atoms with Crippen LogP contribution in [0.5, 0.6) is 0 Å². The van der Waals surface area contributed by atoms with Crippen LogP contribution in [0.3, 0.4) is 0 Å². The molecular weight excluding hydrogens is 202 g/mol. The van der Waals surface area contributed by atoms with E-state index >= 15 is 0 Å². The third kappa shape index (κ3) is 8.05. The smallest absolute Gasteiger partial charge is 0.0589 e. The summed E-state index contributed by atoms with van der Waals surface area (Å²) < 4.78 is 5.03. The highest BCUT2D eigenvalue weighted by Crippen LogP contribution is 2.06. The minimum Gasteiger partial charge on any atom is -0.383 e. The molecule has 0 saturated carbocycles. The van der Waals surface area contributed by atoms with Gasteiger partial charge in [0.25, 0.3) is 0 Å². The van der Waals surface area contributed by atoms with Gasteiger partial charge in [-0.05, 0) is 32.0 Å². The van der Waals surface area contributed by atoms with Gasteiger partial charge in [0.2, 0.25) is 0 Å². The highest BCUT2D eigenvalue weighted by Gasteiger charge is 2.10. The lowest BCUT2D eigenvalue weighted by Gasteiger charge is -2.21. The molecule has 0 spiro atoms. The Morgan fingerprint density at radius 2 is 2.00 bits per heavy atom. The molecule has 16 heavy (non-hydrogen) atoms. The zero-order valence-corrected chi connectivity index (χ0v) is 11.3. The highest BCUT2D eigenvalue weighted by molar-refractivity contribution is 4.67. The first-order valence-electron chi connectivity index (χ1n) is 6.20. The summed E-state index contributed by atoms with van der Waals surface area (Å²) >= 11 is 0. The first kappa shape index (κ1) is 15.8. The summed E-state index contributed by atoms with van der Waals surface area (Å²) in [4.78, 5) is 2.27. The van der Waals surface area contributed by atoms with Gasteiger partial charge in [-0.15, -0.1) is 0 Å². The molecule has 0 aliphatic heterocycles. The Balaban J connectivity index is 3.44. The normalized spacial score (nSPS) is 13.7. The molecule has 0 amide bonds. The monoisotopic (exact) mass is 231 g/mol. The molecule has 0 radical (unpaired) electrons. The van der Waals surface area contributed by atoms with Gasteiger partial charge < -0.3 is 20.7 Å². The lowest BCUT2D eigenvalue weighted by Crippen LogP contribution is -2.36. The summed E-state index contributed by atoms with van der Waals surface area (Å²) in [6.45, 7) is 10.1. The van der Waals surface area contributed by atoms with Crippen LogP contribution in [0.4, 0.5) is 0 Å². The van der Waals surface area contributed by atoms with Crippen LogP contribution >= 0.6 is 0 Å². The molecule has 0 bridgehead atoms. The number of nitrogens with one attached hydrogen (secondary N) is 1. The Kier molecular flexibility index (Phi) is 9.92. The maximum Gasteiger partial charge on any atom is 0.0589 e. The molecule has 98 valence electrons. The number of nitrogens with two attached hydrogens (primary N) is 1. The molecule has 3 N–H and O–H groups in total. The minimum absolute atomic E-state index is 0.587. The standard InChI is InChI=1S/C12H29N3O/c1-11(2)12(9-13)10-14-5-6-15(3)7-8-16-4/h11-12,14H,5-10,13H2,1-4H3. The average Bonchev–Trinajstić information content (AvgIpc) is 2.25. The van der Waals surface area contributed by atoms with E-state index in [1.807, 2.05) is 0 Å². The zero-order chi connectivity index (χ0) is 12.4. The van der Waals surface area contributed by atoms with Crippen molar-refractivity contribution in [2.45, 2.75) is 13.8 Å². The van der Waals surface area contributed by atoms with E-state index < -0.39 is 0 Å². The molecule has 1 atom stereocenters.